The fraction of sp³-hybridized carbons (Fsp3) is 0.533. The van der Waals surface area contributed by atoms with Crippen LogP contribution in [0.1, 0.15) is 30.3 Å². The minimum Gasteiger partial charge on any atom is -0.388 e. The standard InChI is InChI=1S/C15H20N4O2/c1-11-5-3-6-13(16-11)19-8-4-7-15(20,10-19)9-14-17-12(2)18-21-14/h3,5-6,20H,4,7-10H2,1-2H3. The van der Waals surface area contributed by atoms with Crippen molar-refractivity contribution in [1.82, 2.24) is 15.1 Å². The molecule has 2 aromatic heterocycles. The van der Waals surface area contributed by atoms with Gasteiger partial charge in [0.1, 0.15) is 5.82 Å². The molecule has 0 radical (unpaired) electrons. The molecule has 0 saturated carbocycles. The summed E-state index contributed by atoms with van der Waals surface area (Å²) in [6.45, 7) is 5.19. The van der Waals surface area contributed by atoms with E-state index >= 15 is 0 Å². The molecule has 21 heavy (non-hydrogen) atoms. The molecule has 0 aromatic carbocycles. The van der Waals surface area contributed by atoms with E-state index in [0.29, 0.717) is 24.7 Å². The van der Waals surface area contributed by atoms with Crippen LogP contribution in [0.15, 0.2) is 22.7 Å². The highest BCUT2D eigenvalue weighted by atomic mass is 16.5. The van der Waals surface area contributed by atoms with E-state index in [2.05, 4.69) is 20.0 Å². The first-order valence-electron chi connectivity index (χ1n) is 7.24. The molecule has 1 N–H and O–H groups in total. The van der Waals surface area contributed by atoms with Crippen LogP contribution in [0.2, 0.25) is 0 Å². The van der Waals surface area contributed by atoms with Gasteiger partial charge in [-0.15, -0.1) is 0 Å². The fourth-order valence-electron chi connectivity index (χ4n) is 2.85. The minimum atomic E-state index is -0.845. The molecular formula is C15H20N4O2. The van der Waals surface area contributed by atoms with Gasteiger partial charge in [-0.2, -0.15) is 4.98 Å². The van der Waals surface area contributed by atoms with Crippen LogP contribution in [0.25, 0.3) is 0 Å². The fourth-order valence-corrected chi connectivity index (χ4v) is 2.85. The zero-order valence-corrected chi connectivity index (χ0v) is 12.4. The molecule has 1 unspecified atom stereocenters. The molecule has 1 saturated heterocycles. The normalized spacial score (nSPS) is 22.5. The Balaban J connectivity index is 1.75. The van der Waals surface area contributed by atoms with E-state index in [4.69, 9.17) is 4.52 Å². The molecule has 1 aliphatic rings. The van der Waals surface area contributed by atoms with Crippen LogP contribution >= 0.6 is 0 Å². The minimum absolute atomic E-state index is 0.385. The first-order chi connectivity index (χ1) is 10.0. The van der Waals surface area contributed by atoms with Crippen molar-refractivity contribution in [2.75, 3.05) is 18.0 Å². The van der Waals surface area contributed by atoms with Gasteiger partial charge in [0.25, 0.3) is 0 Å². The molecule has 0 amide bonds. The van der Waals surface area contributed by atoms with Gasteiger partial charge < -0.3 is 14.5 Å². The number of aryl methyl sites for hydroxylation is 2. The topological polar surface area (TPSA) is 75.3 Å². The molecule has 0 spiro atoms. The number of piperidine rings is 1. The van der Waals surface area contributed by atoms with Crippen LogP contribution in [0.3, 0.4) is 0 Å². The number of pyridine rings is 1. The van der Waals surface area contributed by atoms with E-state index < -0.39 is 5.60 Å². The van der Waals surface area contributed by atoms with Crippen LogP contribution in [0.5, 0.6) is 0 Å². The highest BCUT2D eigenvalue weighted by Gasteiger charge is 2.35. The Hall–Kier alpha value is -1.95. The number of aromatic nitrogens is 3. The van der Waals surface area contributed by atoms with Crippen molar-refractivity contribution in [3.8, 4) is 0 Å². The first-order valence-corrected chi connectivity index (χ1v) is 7.24. The van der Waals surface area contributed by atoms with E-state index in [1.165, 1.54) is 0 Å². The highest BCUT2D eigenvalue weighted by Crippen LogP contribution is 2.27. The number of aliphatic hydroxyl groups is 1. The Morgan fingerprint density at radius 1 is 1.33 bits per heavy atom. The molecule has 2 aromatic rings. The van der Waals surface area contributed by atoms with Crippen LogP contribution in [-0.2, 0) is 6.42 Å². The quantitative estimate of drug-likeness (QED) is 0.925. The largest absolute Gasteiger partial charge is 0.388 e. The number of hydrogen-bond donors (Lipinski definition) is 1. The second kappa shape index (κ2) is 5.44. The van der Waals surface area contributed by atoms with Gasteiger partial charge in [-0.05, 0) is 38.8 Å². The third-order valence-electron chi connectivity index (χ3n) is 3.80. The third-order valence-corrected chi connectivity index (χ3v) is 3.80. The lowest BCUT2D eigenvalue weighted by molar-refractivity contribution is 0.0191. The summed E-state index contributed by atoms with van der Waals surface area (Å²) in [5, 5.41) is 14.6. The van der Waals surface area contributed by atoms with Crippen molar-refractivity contribution in [2.45, 2.75) is 38.7 Å². The summed E-state index contributed by atoms with van der Waals surface area (Å²) in [4.78, 5) is 10.9. The summed E-state index contributed by atoms with van der Waals surface area (Å²) < 4.78 is 5.14. The van der Waals surface area contributed by atoms with Gasteiger partial charge in [0.15, 0.2) is 5.82 Å². The second-order valence-corrected chi connectivity index (χ2v) is 5.80. The summed E-state index contributed by atoms with van der Waals surface area (Å²) in [7, 11) is 0. The molecule has 1 atom stereocenters. The molecule has 6 nitrogen and oxygen atoms in total. The molecule has 0 bridgehead atoms. The number of rotatable bonds is 3. The number of β-amino-alcohol motifs (C(OH)–C–C–N with tert-alkyl or cyclic N) is 1. The monoisotopic (exact) mass is 288 g/mol. The van der Waals surface area contributed by atoms with Gasteiger partial charge in [-0.3, -0.25) is 0 Å². The van der Waals surface area contributed by atoms with Crippen molar-refractivity contribution in [1.29, 1.82) is 0 Å². The molecule has 112 valence electrons. The average molecular weight is 288 g/mol. The van der Waals surface area contributed by atoms with Gasteiger partial charge in [0.05, 0.1) is 12.0 Å². The van der Waals surface area contributed by atoms with Crippen LogP contribution in [0, 0.1) is 13.8 Å². The predicted molar refractivity (Wildman–Crippen MR) is 78.1 cm³/mol. The lowest BCUT2D eigenvalue weighted by atomic mass is 9.89. The maximum Gasteiger partial charge on any atom is 0.229 e. The highest BCUT2D eigenvalue weighted by molar-refractivity contribution is 5.40. The van der Waals surface area contributed by atoms with Crippen molar-refractivity contribution in [3.05, 3.63) is 35.6 Å². The van der Waals surface area contributed by atoms with Crippen LogP contribution in [-0.4, -0.2) is 38.9 Å². The number of nitrogens with zero attached hydrogens (tertiary/aromatic N) is 4. The summed E-state index contributed by atoms with van der Waals surface area (Å²) in [6, 6.07) is 5.95. The van der Waals surface area contributed by atoms with Crippen LogP contribution < -0.4 is 4.90 Å². The predicted octanol–water partition coefficient (Wildman–Crippen LogP) is 1.66. The zero-order valence-electron chi connectivity index (χ0n) is 12.4. The second-order valence-electron chi connectivity index (χ2n) is 5.80. The summed E-state index contributed by atoms with van der Waals surface area (Å²) in [5.74, 6) is 2.01. The Morgan fingerprint density at radius 2 is 2.19 bits per heavy atom. The maximum atomic E-state index is 10.8. The molecule has 6 heteroatoms. The van der Waals surface area contributed by atoms with Gasteiger partial charge >= 0.3 is 0 Å². The Kier molecular flexibility index (Phi) is 3.63. The van der Waals surface area contributed by atoms with Gasteiger partial charge in [0.2, 0.25) is 5.89 Å². The van der Waals surface area contributed by atoms with E-state index in [1.54, 1.807) is 6.92 Å². The van der Waals surface area contributed by atoms with Crippen molar-refractivity contribution in [2.24, 2.45) is 0 Å². The zero-order chi connectivity index (χ0) is 14.9. The smallest absolute Gasteiger partial charge is 0.229 e. The Morgan fingerprint density at radius 3 is 2.90 bits per heavy atom. The van der Waals surface area contributed by atoms with Crippen LogP contribution in [0.4, 0.5) is 5.82 Å². The number of hydrogen-bond acceptors (Lipinski definition) is 6. The summed E-state index contributed by atoms with van der Waals surface area (Å²) >= 11 is 0. The van der Waals surface area contributed by atoms with Crippen molar-refractivity contribution >= 4 is 5.82 Å². The van der Waals surface area contributed by atoms with E-state index in [-0.39, 0.29) is 0 Å². The van der Waals surface area contributed by atoms with Crippen molar-refractivity contribution in [3.63, 3.8) is 0 Å². The van der Waals surface area contributed by atoms with Gasteiger partial charge in [0, 0.05) is 18.8 Å². The van der Waals surface area contributed by atoms with E-state index in [0.717, 1.165) is 30.9 Å². The SMILES string of the molecule is Cc1cccc(N2CCCC(O)(Cc3nc(C)no3)C2)n1. The Labute approximate surface area is 123 Å². The first kappa shape index (κ1) is 14.0. The lowest BCUT2D eigenvalue weighted by Crippen LogP contribution is -2.50. The van der Waals surface area contributed by atoms with Crippen molar-refractivity contribution < 1.29 is 9.63 Å². The summed E-state index contributed by atoms with van der Waals surface area (Å²) in [5.41, 5.74) is 0.136. The molecule has 1 aliphatic heterocycles. The average Bonchev–Trinajstić information content (AvgIpc) is 2.83. The van der Waals surface area contributed by atoms with Gasteiger partial charge in [-0.25, -0.2) is 4.98 Å². The molecule has 1 fully saturated rings. The van der Waals surface area contributed by atoms with E-state index in [1.807, 2.05) is 25.1 Å². The Bertz CT molecular complexity index is 628. The molecule has 3 rings (SSSR count). The molecular weight excluding hydrogens is 268 g/mol. The molecule has 0 aliphatic carbocycles. The number of anilines is 1. The maximum absolute atomic E-state index is 10.8. The lowest BCUT2D eigenvalue weighted by Gasteiger charge is -2.39. The van der Waals surface area contributed by atoms with E-state index in [9.17, 15) is 5.11 Å². The third kappa shape index (κ3) is 3.21. The van der Waals surface area contributed by atoms with Gasteiger partial charge in [-0.1, -0.05) is 11.2 Å². The summed E-state index contributed by atoms with van der Waals surface area (Å²) in [6.07, 6.45) is 2.03. The molecule has 3 heterocycles.